The molecule has 0 atom stereocenters. The van der Waals surface area contributed by atoms with Gasteiger partial charge in [0.1, 0.15) is 11.5 Å². The second-order valence-electron chi connectivity index (χ2n) is 3.76. The van der Waals surface area contributed by atoms with E-state index in [2.05, 4.69) is 13.0 Å². The second-order valence-corrected chi connectivity index (χ2v) is 3.76. The predicted molar refractivity (Wildman–Crippen MR) is 73.5 cm³/mol. The van der Waals surface area contributed by atoms with Gasteiger partial charge >= 0.3 is 0 Å². The highest BCUT2D eigenvalue weighted by atomic mass is 35.5. The number of halogens is 1. The topological polar surface area (TPSA) is 44.5 Å². The predicted octanol–water partition coefficient (Wildman–Crippen LogP) is 2.58. The van der Waals surface area contributed by atoms with Crippen LogP contribution in [0, 0.1) is 0 Å². The Morgan fingerprint density at radius 2 is 1.47 bits per heavy atom. The number of aryl methyl sites for hydroxylation is 1. The van der Waals surface area contributed by atoms with Gasteiger partial charge in [-0.05, 0) is 42.6 Å². The van der Waals surface area contributed by atoms with Crippen molar-refractivity contribution in [3.8, 4) is 11.5 Å². The molecule has 0 radical (unpaired) electrons. The lowest BCUT2D eigenvalue weighted by Crippen LogP contribution is -2.05. The van der Waals surface area contributed by atoms with E-state index in [1.54, 1.807) is 14.2 Å². The van der Waals surface area contributed by atoms with E-state index in [1.807, 2.05) is 6.07 Å². The summed E-state index contributed by atoms with van der Waals surface area (Å²) >= 11 is 0. The Kier molecular flexibility index (Phi) is 7.75. The Labute approximate surface area is 110 Å². The highest BCUT2D eigenvalue weighted by molar-refractivity contribution is 5.85. The quantitative estimate of drug-likeness (QED) is 0.854. The maximum atomic E-state index is 5.58. The second kappa shape index (κ2) is 8.20. The van der Waals surface area contributed by atoms with Crippen molar-refractivity contribution in [1.29, 1.82) is 0 Å². The van der Waals surface area contributed by atoms with Crippen molar-refractivity contribution >= 4 is 12.4 Å². The molecule has 0 fully saturated rings. The summed E-state index contributed by atoms with van der Waals surface area (Å²) in [4.78, 5) is 0. The van der Waals surface area contributed by atoms with E-state index in [0.717, 1.165) is 36.3 Å². The van der Waals surface area contributed by atoms with Crippen LogP contribution in [0.1, 0.15) is 24.5 Å². The Balaban J connectivity index is 0.00000256. The summed E-state index contributed by atoms with van der Waals surface area (Å²) < 4.78 is 10.8. The summed E-state index contributed by atoms with van der Waals surface area (Å²) in [5.41, 5.74) is 7.89. The lowest BCUT2D eigenvalue weighted by atomic mass is 10.0. The molecule has 4 heteroatoms. The molecule has 98 valence electrons. The third kappa shape index (κ3) is 4.10. The van der Waals surface area contributed by atoms with Gasteiger partial charge in [0.25, 0.3) is 0 Å². The van der Waals surface area contributed by atoms with Crippen LogP contribution in [-0.2, 0) is 12.8 Å². The molecule has 0 saturated carbocycles. The van der Waals surface area contributed by atoms with Crippen molar-refractivity contribution in [2.45, 2.75) is 26.2 Å². The van der Waals surface area contributed by atoms with Crippen LogP contribution in [0.25, 0.3) is 0 Å². The third-order valence-corrected chi connectivity index (χ3v) is 2.62. The maximum Gasteiger partial charge on any atom is 0.122 e. The van der Waals surface area contributed by atoms with Crippen LogP contribution in [0.5, 0.6) is 11.5 Å². The van der Waals surface area contributed by atoms with E-state index in [9.17, 15) is 0 Å². The molecule has 1 rings (SSSR count). The van der Waals surface area contributed by atoms with E-state index < -0.39 is 0 Å². The molecule has 1 aromatic rings. The van der Waals surface area contributed by atoms with Crippen LogP contribution in [0.4, 0.5) is 0 Å². The molecule has 0 unspecified atom stereocenters. The number of nitrogens with two attached hydrogens (primary N) is 1. The molecule has 0 aliphatic carbocycles. The van der Waals surface area contributed by atoms with Crippen molar-refractivity contribution in [2.75, 3.05) is 20.8 Å². The lowest BCUT2D eigenvalue weighted by Gasteiger charge is -2.14. The lowest BCUT2D eigenvalue weighted by molar-refractivity contribution is 0.394. The molecule has 17 heavy (non-hydrogen) atoms. The van der Waals surface area contributed by atoms with E-state index in [-0.39, 0.29) is 12.4 Å². The summed E-state index contributed by atoms with van der Waals surface area (Å²) in [6.07, 6.45) is 2.91. The average molecular weight is 260 g/mol. The van der Waals surface area contributed by atoms with Gasteiger partial charge in [-0.1, -0.05) is 13.3 Å². The van der Waals surface area contributed by atoms with Crippen LogP contribution < -0.4 is 15.2 Å². The first kappa shape index (κ1) is 16.1. The monoisotopic (exact) mass is 259 g/mol. The van der Waals surface area contributed by atoms with Gasteiger partial charge in [0, 0.05) is 0 Å². The smallest absolute Gasteiger partial charge is 0.122 e. The van der Waals surface area contributed by atoms with Gasteiger partial charge < -0.3 is 15.2 Å². The first-order valence-corrected chi connectivity index (χ1v) is 5.70. The van der Waals surface area contributed by atoms with E-state index in [4.69, 9.17) is 15.2 Å². The highest BCUT2D eigenvalue weighted by Crippen LogP contribution is 2.29. The zero-order valence-corrected chi connectivity index (χ0v) is 11.6. The van der Waals surface area contributed by atoms with Gasteiger partial charge in [0.05, 0.1) is 14.2 Å². The normalized spacial score (nSPS) is 9.65. The molecule has 0 aliphatic rings. The molecule has 0 aliphatic heterocycles. The van der Waals surface area contributed by atoms with Crippen LogP contribution in [-0.4, -0.2) is 20.8 Å². The number of rotatable bonds is 6. The molecule has 2 N–H and O–H groups in total. The minimum atomic E-state index is 0. The van der Waals surface area contributed by atoms with Gasteiger partial charge in [-0.3, -0.25) is 0 Å². The van der Waals surface area contributed by atoms with Crippen molar-refractivity contribution in [1.82, 2.24) is 0 Å². The van der Waals surface area contributed by atoms with Crippen molar-refractivity contribution in [3.63, 3.8) is 0 Å². The molecule has 3 nitrogen and oxygen atoms in total. The number of ether oxygens (including phenoxy) is 2. The molecule has 1 aromatic carbocycles. The zero-order valence-electron chi connectivity index (χ0n) is 10.8. The van der Waals surface area contributed by atoms with Gasteiger partial charge in [-0.15, -0.1) is 12.4 Å². The van der Waals surface area contributed by atoms with Gasteiger partial charge in [-0.25, -0.2) is 0 Å². The Bertz CT molecular complexity index is 309. The first-order valence-electron chi connectivity index (χ1n) is 5.70. The summed E-state index contributed by atoms with van der Waals surface area (Å²) in [5.74, 6) is 1.85. The van der Waals surface area contributed by atoms with Crippen LogP contribution in [0.3, 0.4) is 0 Å². The minimum Gasteiger partial charge on any atom is -0.496 e. The SMILES string of the molecule is CCCc1cc(OC)c(CCN)cc1OC.Cl. The number of benzene rings is 1. The van der Waals surface area contributed by atoms with Crippen molar-refractivity contribution in [2.24, 2.45) is 5.73 Å². The minimum absolute atomic E-state index is 0. The summed E-state index contributed by atoms with van der Waals surface area (Å²) in [5, 5.41) is 0. The Morgan fingerprint density at radius 1 is 1.00 bits per heavy atom. The molecular weight excluding hydrogens is 238 g/mol. The Morgan fingerprint density at radius 3 is 1.82 bits per heavy atom. The molecule has 0 bridgehead atoms. The number of methoxy groups -OCH3 is 2. The summed E-state index contributed by atoms with van der Waals surface area (Å²) in [7, 11) is 3.39. The fourth-order valence-corrected chi connectivity index (χ4v) is 1.84. The third-order valence-electron chi connectivity index (χ3n) is 2.62. The molecule has 0 spiro atoms. The average Bonchev–Trinajstić information content (AvgIpc) is 2.31. The fraction of sp³-hybridized carbons (Fsp3) is 0.538. The summed E-state index contributed by atoms with van der Waals surface area (Å²) in [6, 6.07) is 4.10. The largest absolute Gasteiger partial charge is 0.496 e. The van der Waals surface area contributed by atoms with E-state index in [1.165, 1.54) is 5.56 Å². The Hall–Kier alpha value is -0.930. The van der Waals surface area contributed by atoms with Gasteiger partial charge in [0.15, 0.2) is 0 Å². The molecule has 0 aromatic heterocycles. The van der Waals surface area contributed by atoms with Crippen LogP contribution in [0.2, 0.25) is 0 Å². The summed E-state index contributed by atoms with van der Waals surface area (Å²) in [6.45, 7) is 2.77. The zero-order chi connectivity index (χ0) is 12.0. The first-order chi connectivity index (χ1) is 7.76. The van der Waals surface area contributed by atoms with E-state index >= 15 is 0 Å². The van der Waals surface area contributed by atoms with E-state index in [0.29, 0.717) is 6.54 Å². The molecular formula is C13H22ClNO2. The standard InChI is InChI=1S/C13H21NO2.ClH/c1-4-5-10-8-13(16-3)11(6-7-14)9-12(10)15-2;/h8-9H,4-7,14H2,1-3H3;1H. The van der Waals surface area contributed by atoms with Crippen molar-refractivity contribution < 1.29 is 9.47 Å². The molecule has 0 heterocycles. The van der Waals surface area contributed by atoms with Gasteiger partial charge in [-0.2, -0.15) is 0 Å². The maximum absolute atomic E-state index is 5.58. The molecule has 0 saturated heterocycles. The number of hydrogen-bond donors (Lipinski definition) is 1. The molecule has 0 amide bonds. The van der Waals surface area contributed by atoms with Crippen LogP contribution >= 0.6 is 12.4 Å². The highest BCUT2D eigenvalue weighted by Gasteiger charge is 2.09. The van der Waals surface area contributed by atoms with Gasteiger partial charge in [0.2, 0.25) is 0 Å². The fourth-order valence-electron chi connectivity index (χ4n) is 1.84. The van der Waals surface area contributed by atoms with Crippen molar-refractivity contribution in [3.05, 3.63) is 23.3 Å². The van der Waals surface area contributed by atoms with Crippen LogP contribution in [0.15, 0.2) is 12.1 Å². The number of hydrogen-bond acceptors (Lipinski definition) is 3.